The number of methoxy groups -OCH3 is 3. The van der Waals surface area contributed by atoms with E-state index in [1.807, 2.05) is 42.5 Å². The van der Waals surface area contributed by atoms with Gasteiger partial charge in [0.15, 0.2) is 0 Å². The van der Waals surface area contributed by atoms with Crippen LogP contribution in [-0.2, 0) is 4.79 Å². The van der Waals surface area contributed by atoms with Gasteiger partial charge in [-0.3, -0.25) is 9.69 Å². The maximum absolute atomic E-state index is 13.6. The van der Waals surface area contributed by atoms with Crippen LogP contribution in [0.5, 0.6) is 17.2 Å². The van der Waals surface area contributed by atoms with E-state index in [0.717, 1.165) is 41.2 Å². The van der Waals surface area contributed by atoms with E-state index in [1.165, 1.54) is 19.3 Å². The van der Waals surface area contributed by atoms with Gasteiger partial charge in [-0.25, -0.2) is 5.01 Å². The molecule has 4 rings (SSSR count). The topological polar surface area (TPSA) is 63.6 Å². The third-order valence-corrected chi connectivity index (χ3v) is 6.95. The lowest BCUT2D eigenvalue weighted by Crippen LogP contribution is -2.42. The summed E-state index contributed by atoms with van der Waals surface area (Å²) in [6.07, 6.45) is 6.62. The molecule has 34 heavy (non-hydrogen) atoms. The molecule has 0 saturated heterocycles. The number of ether oxygens (including phenoxy) is 3. The number of hydrogen-bond acceptors (Lipinski definition) is 6. The standard InChI is InChI=1S/C27H35N3O4/c1-29(20-10-6-5-7-11-20)18-27(31)30-25(23-16-22(33-3)13-14-26(23)34-4)17-24(28-30)19-9-8-12-21(15-19)32-2/h8-9,12-16,20,25H,5-7,10-11,17-18H2,1-4H3. The molecule has 2 aromatic rings. The van der Waals surface area contributed by atoms with Gasteiger partial charge < -0.3 is 14.2 Å². The zero-order chi connectivity index (χ0) is 24.1. The van der Waals surface area contributed by atoms with E-state index in [9.17, 15) is 4.79 Å². The first-order valence-electron chi connectivity index (χ1n) is 12.0. The van der Waals surface area contributed by atoms with Crippen LogP contribution in [0, 0.1) is 0 Å². The van der Waals surface area contributed by atoms with Crippen LogP contribution in [0.25, 0.3) is 0 Å². The fourth-order valence-corrected chi connectivity index (χ4v) is 5.00. The first-order valence-corrected chi connectivity index (χ1v) is 12.0. The van der Waals surface area contributed by atoms with Crippen LogP contribution in [0.2, 0.25) is 0 Å². The van der Waals surface area contributed by atoms with Crippen molar-refractivity contribution < 1.29 is 19.0 Å². The van der Waals surface area contributed by atoms with Crippen molar-refractivity contribution in [2.24, 2.45) is 5.10 Å². The number of likely N-dealkylation sites (N-methyl/N-ethyl adjacent to an activating group) is 1. The zero-order valence-electron chi connectivity index (χ0n) is 20.6. The molecule has 0 radical (unpaired) electrons. The molecular formula is C27H35N3O4. The number of amides is 1. The lowest BCUT2D eigenvalue weighted by Gasteiger charge is -2.32. The van der Waals surface area contributed by atoms with Crippen molar-refractivity contribution in [3.8, 4) is 17.2 Å². The Labute approximate surface area is 202 Å². The van der Waals surface area contributed by atoms with E-state index in [1.54, 1.807) is 26.3 Å². The van der Waals surface area contributed by atoms with Gasteiger partial charge in [0.25, 0.3) is 5.91 Å². The number of carbonyl (C=O) groups excluding carboxylic acids is 1. The van der Waals surface area contributed by atoms with Crippen molar-refractivity contribution in [3.05, 3.63) is 53.6 Å². The molecule has 1 saturated carbocycles. The minimum absolute atomic E-state index is 0.0131. The van der Waals surface area contributed by atoms with E-state index < -0.39 is 0 Å². The van der Waals surface area contributed by atoms with Crippen LogP contribution in [0.3, 0.4) is 0 Å². The molecule has 1 aliphatic carbocycles. The van der Waals surface area contributed by atoms with Crippen LogP contribution in [0.1, 0.15) is 55.7 Å². The summed E-state index contributed by atoms with van der Waals surface area (Å²) in [5.74, 6) is 2.18. The molecule has 1 unspecified atom stereocenters. The van der Waals surface area contributed by atoms with E-state index in [2.05, 4.69) is 11.9 Å². The monoisotopic (exact) mass is 465 g/mol. The van der Waals surface area contributed by atoms with Gasteiger partial charge in [0.1, 0.15) is 17.2 Å². The molecule has 1 heterocycles. The van der Waals surface area contributed by atoms with Crippen LogP contribution >= 0.6 is 0 Å². The molecule has 0 bridgehead atoms. The summed E-state index contributed by atoms with van der Waals surface area (Å²) in [5.41, 5.74) is 2.68. The van der Waals surface area contributed by atoms with Gasteiger partial charge in [0.2, 0.25) is 0 Å². The molecule has 0 aromatic heterocycles. The second kappa shape index (κ2) is 10.9. The molecule has 7 nitrogen and oxygen atoms in total. The highest BCUT2D eigenvalue weighted by atomic mass is 16.5. The van der Waals surface area contributed by atoms with E-state index in [-0.39, 0.29) is 11.9 Å². The van der Waals surface area contributed by atoms with Crippen molar-refractivity contribution in [1.82, 2.24) is 9.91 Å². The Balaban J connectivity index is 1.66. The summed E-state index contributed by atoms with van der Waals surface area (Å²) in [6.45, 7) is 0.336. The Morgan fingerprint density at radius 2 is 1.74 bits per heavy atom. The Kier molecular flexibility index (Phi) is 7.73. The summed E-state index contributed by atoms with van der Waals surface area (Å²) in [7, 11) is 6.99. The number of hydrazone groups is 1. The molecule has 1 amide bonds. The van der Waals surface area contributed by atoms with Gasteiger partial charge in [0.05, 0.1) is 39.6 Å². The van der Waals surface area contributed by atoms with Crippen LogP contribution < -0.4 is 14.2 Å². The summed E-state index contributed by atoms with van der Waals surface area (Å²) in [4.78, 5) is 15.8. The lowest BCUT2D eigenvalue weighted by atomic mass is 9.94. The molecule has 2 aliphatic rings. The van der Waals surface area contributed by atoms with Crippen molar-refractivity contribution >= 4 is 11.6 Å². The molecule has 0 N–H and O–H groups in total. The lowest BCUT2D eigenvalue weighted by molar-refractivity contribution is -0.134. The highest BCUT2D eigenvalue weighted by Gasteiger charge is 2.36. The summed E-state index contributed by atoms with van der Waals surface area (Å²) in [5, 5.41) is 6.49. The van der Waals surface area contributed by atoms with Crippen molar-refractivity contribution in [1.29, 1.82) is 0 Å². The van der Waals surface area contributed by atoms with Crippen molar-refractivity contribution in [2.45, 2.75) is 50.6 Å². The Morgan fingerprint density at radius 1 is 1.00 bits per heavy atom. The highest BCUT2D eigenvalue weighted by molar-refractivity contribution is 6.03. The average Bonchev–Trinajstić information content (AvgIpc) is 3.34. The molecule has 7 heteroatoms. The smallest absolute Gasteiger partial charge is 0.257 e. The Bertz CT molecular complexity index is 1030. The first kappa shape index (κ1) is 24.1. The Morgan fingerprint density at radius 3 is 2.44 bits per heavy atom. The third-order valence-electron chi connectivity index (χ3n) is 6.95. The van der Waals surface area contributed by atoms with E-state index in [4.69, 9.17) is 19.3 Å². The quantitative estimate of drug-likeness (QED) is 0.568. The van der Waals surface area contributed by atoms with E-state index >= 15 is 0 Å². The normalized spacial score (nSPS) is 18.7. The molecular weight excluding hydrogens is 430 g/mol. The predicted octanol–water partition coefficient (Wildman–Crippen LogP) is 4.65. The number of rotatable bonds is 8. The molecule has 1 fully saturated rings. The van der Waals surface area contributed by atoms with Gasteiger partial charge in [-0.15, -0.1) is 0 Å². The second-order valence-electron chi connectivity index (χ2n) is 9.05. The third kappa shape index (κ3) is 5.20. The van der Waals surface area contributed by atoms with Gasteiger partial charge in [-0.2, -0.15) is 5.10 Å². The largest absolute Gasteiger partial charge is 0.497 e. The number of carbonyl (C=O) groups is 1. The fourth-order valence-electron chi connectivity index (χ4n) is 5.00. The SMILES string of the molecule is COc1cccc(C2=NN(C(=O)CN(C)C3CCCCC3)C(c3cc(OC)ccc3OC)C2)c1. The number of benzene rings is 2. The maximum Gasteiger partial charge on any atom is 0.257 e. The molecule has 2 aromatic carbocycles. The minimum atomic E-state index is -0.279. The number of hydrogen-bond donors (Lipinski definition) is 0. The second-order valence-corrected chi connectivity index (χ2v) is 9.05. The van der Waals surface area contributed by atoms with E-state index in [0.29, 0.717) is 24.8 Å². The minimum Gasteiger partial charge on any atom is -0.497 e. The van der Waals surface area contributed by atoms with Crippen LogP contribution in [0.4, 0.5) is 0 Å². The van der Waals surface area contributed by atoms with Gasteiger partial charge in [-0.05, 0) is 50.2 Å². The molecule has 1 atom stereocenters. The zero-order valence-corrected chi connectivity index (χ0v) is 20.6. The first-order chi connectivity index (χ1) is 16.5. The van der Waals surface area contributed by atoms with Crippen molar-refractivity contribution in [3.63, 3.8) is 0 Å². The highest BCUT2D eigenvalue weighted by Crippen LogP contribution is 2.39. The summed E-state index contributed by atoms with van der Waals surface area (Å²) < 4.78 is 16.5. The summed E-state index contributed by atoms with van der Waals surface area (Å²) >= 11 is 0. The van der Waals surface area contributed by atoms with Crippen LogP contribution in [0.15, 0.2) is 47.6 Å². The van der Waals surface area contributed by atoms with Crippen LogP contribution in [-0.4, -0.2) is 62.5 Å². The van der Waals surface area contributed by atoms with Gasteiger partial charge in [-0.1, -0.05) is 31.4 Å². The number of nitrogens with zero attached hydrogens (tertiary/aromatic N) is 3. The van der Waals surface area contributed by atoms with Gasteiger partial charge >= 0.3 is 0 Å². The molecule has 182 valence electrons. The molecule has 0 spiro atoms. The Hall–Kier alpha value is -3.06. The van der Waals surface area contributed by atoms with Crippen molar-refractivity contribution in [2.75, 3.05) is 34.9 Å². The summed E-state index contributed by atoms with van der Waals surface area (Å²) in [6, 6.07) is 13.7. The predicted molar refractivity (Wildman–Crippen MR) is 133 cm³/mol. The van der Waals surface area contributed by atoms with Gasteiger partial charge in [0, 0.05) is 23.6 Å². The fraction of sp³-hybridized carbons (Fsp3) is 0.481. The maximum atomic E-state index is 13.6. The molecule has 1 aliphatic heterocycles. The average molecular weight is 466 g/mol.